The van der Waals surface area contributed by atoms with Gasteiger partial charge in [-0.15, -0.1) is 24.0 Å². The van der Waals surface area contributed by atoms with Crippen LogP contribution in [0.25, 0.3) is 0 Å². The number of nitrogens with one attached hydrogen (secondary N) is 2. The van der Waals surface area contributed by atoms with Gasteiger partial charge in [0.1, 0.15) is 0 Å². The molecule has 0 saturated carbocycles. The third kappa shape index (κ3) is 10.9. The van der Waals surface area contributed by atoms with Crippen LogP contribution in [0, 0.1) is 5.41 Å². The van der Waals surface area contributed by atoms with E-state index in [9.17, 15) is 5.11 Å². The first kappa shape index (κ1) is 26.5. The van der Waals surface area contributed by atoms with Crippen molar-refractivity contribution in [2.75, 3.05) is 39.3 Å². The summed E-state index contributed by atoms with van der Waals surface area (Å²) >= 11 is 6.11. The number of nitrogens with zero attached hydrogens (tertiary/aromatic N) is 2. The Kier molecular flexibility index (Phi) is 12.5. The van der Waals surface area contributed by atoms with E-state index in [4.69, 9.17) is 16.6 Å². The minimum Gasteiger partial charge on any atom is -0.393 e. The zero-order valence-corrected chi connectivity index (χ0v) is 21.2. The average Bonchev–Trinajstić information content (AvgIpc) is 2.64. The van der Waals surface area contributed by atoms with Gasteiger partial charge in [-0.25, -0.2) is 0 Å². The second-order valence-electron chi connectivity index (χ2n) is 8.52. The molecule has 0 atom stereocenters. The van der Waals surface area contributed by atoms with Crippen molar-refractivity contribution in [1.29, 1.82) is 0 Å². The van der Waals surface area contributed by atoms with Crippen LogP contribution in [-0.2, 0) is 6.42 Å². The molecule has 0 aliphatic carbocycles. The number of benzene rings is 1. The van der Waals surface area contributed by atoms with Crippen molar-refractivity contribution in [3.05, 3.63) is 34.9 Å². The largest absolute Gasteiger partial charge is 0.393 e. The molecule has 0 aromatic heterocycles. The first-order chi connectivity index (χ1) is 13.4. The number of guanidine groups is 1. The predicted molar refractivity (Wildman–Crippen MR) is 135 cm³/mol. The van der Waals surface area contributed by atoms with Crippen LogP contribution in [0.15, 0.2) is 29.3 Å². The maximum Gasteiger partial charge on any atom is 0.191 e. The fraction of sp³-hybridized carbons (Fsp3) is 0.682. The molecule has 1 saturated heterocycles. The number of aliphatic imine (C=N–C) groups is 1. The number of rotatable bonds is 9. The lowest BCUT2D eigenvalue weighted by Gasteiger charge is -2.29. The molecule has 0 radical (unpaired) electrons. The van der Waals surface area contributed by atoms with Gasteiger partial charge in [-0.2, -0.15) is 0 Å². The van der Waals surface area contributed by atoms with Crippen LogP contribution in [-0.4, -0.2) is 61.3 Å². The standard InChI is InChI=1S/C22H37ClN4O.HI/c1-4-24-21(25-11-6-12-27-13-9-20(28)10-14-27)26-17-22(2,3)16-18-7-5-8-19(23)15-18;/h5,7-8,15,20,28H,4,6,9-14,16-17H2,1-3H3,(H2,24,25,26);1H. The van der Waals surface area contributed by atoms with Gasteiger partial charge in [0.25, 0.3) is 0 Å². The molecule has 3 N–H and O–H groups in total. The van der Waals surface area contributed by atoms with Crippen molar-refractivity contribution in [2.45, 2.75) is 52.6 Å². The first-order valence-corrected chi connectivity index (χ1v) is 10.9. The predicted octanol–water partition coefficient (Wildman–Crippen LogP) is 3.93. The Hall–Kier alpha value is -0.570. The van der Waals surface area contributed by atoms with Crippen molar-refractivity contribution in [1.82, 2.24) is 15.5 Å². The molecule has 2 rings (SSSR count). The summed E-state index contributed by atoms with van der Waals surface area (Å²) in [7, 11) is 0. The van der Waals surface area contributed by atoms with Crippen LogP contribution < -0.4 is 10.6 Å². The second-order valence-corrected chi connectivity index (χ2v) is 8.96. The molecule has 0 amide bonds. The van der Waals surface area contributed by atoms with Gasteiger partial charge in [0.05, 0.1) is 6.10 Å². The van der Waals surface area contributed by atoms with E-state index in [0.29, 0.717) is 0 Å². The van der Waals surface area contributed by atoms with E-state index in [1.165, 1.54) is 5.56 Å². The molecule has 29 heavy (non-hydrogen) atoms. The van der Waals surface area contributed by atoms with Gasteiger partial charge in [0, 0.05) is 37.7 Å². The van der Waals surface area contributed by atoms with E-state index >= 15 is 0 Å². The third-order valence-corrected chi connectivity index (χ3v) is 5.32. The summed E-state index contributed by atoms with van der Waals surface area (Å²) in [5, 5.41) is 17.2. The lowest BCUT2D eigenvalue weighted by Crippen LogP contribution is -2.41. The SMILES string of the molecule is CCNC(=NCC(C)(C)Cc1cccc(Cl)c1)NCCCN1CCC(O)CC1.I. The monoisotopic (exact) mass is 536 g/mol. The van der Waals surface area contributed by atoms with E-state index in [1.807, 2.05) is 18.2 Å². The summed E-state index contributed by atoms with van der Waals surface area (Å²) in [6.07, 6.45) is 3.72. The number of hydrogen-bond donors (Lipinski definition) is 3. The topological polar surface area (TPSA) is 59.9 Å². The molecule has 1 aliphatic rings. The van der Waals surface area contributed by atoms with Gasteiger partial charge < -0.3 is 20.6 Å². The highest BCUT2D eigenvalue weighted by Crippen LogP contribution is 2.24. The zero-order chi connectivity index (χ0) is 20.4. The molecule has 1 aromatic carbocycles. The Morgan fingerprint density at radius 1 is 1.28 bits per heavy atom. The summed E-state index contributed by atoms with van der Waals surface area (Å²) in [6.45, 7) is 12.2. The molecule has 1 heterocycles. The van der Waals surface area contributed by atoms with E-state index in [1.54, 1.807) is 0 Å². The van der Waals surface area contributed by atoms with Crippen molar-refractivity contribution < 1.29 is 5.11 Å². The van der Waals surface area contributed by atoms with E-state index in [0.717, 1.165) is 75.9 Å². The van der Waals surface area contributed by atoms with E-state index in [2.05, 4.69) is 42.4 Å². The highest BCUT2D eigenvalue weighted by atomic mass is 127. The van der Waals surface area contributed by atoms with Gasteiger partial charge in [-0.1, -0.05) is 37.6 Å². The lowest BCUT2D eigenvalue weighted by atomic mass is 9.86. The van der Waals surface area contributed by atoms with E-state index in [-0.39, 0.29) is 35.5 Å². The fourth-order valence-corrected chi connectivity index (χ4v) is 3.76. The molecule has 7 heteroatoms. The molecule has 0 spiro atoms. The van der Waals surface area contributed by atoms with Crippen LogP contribution in [0.4, 0.5) is 0 Å². The summed E-state index contributed by atoms with van der Waals surface area (Å²) in [5.41, 5.74) is 1.30. The highest BCUT2D eigenvalue weighted by molar-refractivity contribution is 14.0. The summed E-state index contributed by atoms with van der Waals surface area (Å²) in [6, 6.07) is 8.08. The average molecular weight is 537 g/mol. The van der Waals surface area contributed by atoms with Crippen LogP contribution in [0.1, 0.15) is 45.6 Å². The van der Waals surface area contributed by atoms with Gasteiger partial charge in [0.15, 0.2) is 5.96 Å². The molecular formula is C22H38ClIN4O. The van der Waals surface area contributed by atoms with Crippen molar-refractivity contribution in [2.24, 2.45) is 10.4 Å². The quantitative estimate of drug-likeness (QED) is 0.194. The summed E-state index contributed by atoms with van der Waals surface area (Å²) in [4.78, 5) is 7.25. The van der Waals surface area contributed by atoms with Crippen LogP contribution in [0.3, 0.4) is 0 Å². The Morgan fingerprint density at radius 3 is 2.66 bits per heavy atom. The van der Waals surface area contributed by atoms with Crippen LogP contribution in [0.5, 0.6) is 0 Å². The fourth-order valence-electron chi connectivity index (χ4n) is 3.54. The van der Waals surface area contributed by atoms with Crippen molar-refractivity contribution >= 4 is 41.5 Å². The number of halogens is 2. The molecule has 5 nitrogen and oxygen atoms in total. The Bertz CT molecular complexity index is 619. The molecule has 1 aromatic rings. The number of aliphatic hydroxyl groups excluding tert-OH is 1. The summed E-state index contributed by atoms with van der Waals surface area (Å²) < 4.78 is 0. The second kappa shape index (κ2) is 13.7. The van der Waals surface area contributed by atoms with Crippen LogP contribution in [0.2, 0.25) is 5.02 Å². The molecule has 1 fully saturated rings. The number of piperidine rings is 1. The zero-order valence-electron chi connectivity index (χ0n) is 18.1. The molecular weight excluding hydrogens is 499 g/mol. The molecule has 166 valence electrons. The Balaban J connectivity index is 0.00000420. The number of aliphatic hydroxyl groups is 1. The molecule has 1 aliphatic heterocycles. The van der Waals surface area contributed by atoms with Gasteiger partial charge in [0.2, 0.25) is 0 Å². The number of hydrogen-bond acceptors (Lipinski definition) is 3. The third-order valence-electron chi connectivity index (χ3n) is 5.08. The minimum atomic E-state index is -0.0999. The molecule has 0 bridgehead atoms. The van der Waals surface area contributed by atoms with Crippen molar-refractivity contribution in [3.63, 3.8) is 0 Å². The Labute approximate surface area is 198 Å². The maximum atomic E-state index is 9.59. The van der Waals surface area contributed by atoms with Crippen LogP contribution >= 0.6 is 35.6 Å². The molecule has 0 unspecified atom stereocenters. The normalized spacial score (nSPS) is 16.4. The van der Waals surface area contributed by atoms with Gasteiger partial charge >= 0.3 is 0 Å². The summed E-state index contributed by atoms with van der Waals surface area (Å²) in [5.74, 6) is 0.885. The van der Waals surface area contributed by atoms with E-state index < -0.39 is 0 Å². The van der Waals surface area contributed by atoms with Gasteiger partial charge in [-0.3, -0.25) is 4.99 Å². The highest BCUT2D eigenvalue weighted by Gasteiger charge is 2.19. The maximum absolute atomic E-state index is 9.59. The minimum absolute atomic E-state index is 0. The smallest absolute Gasteiger partial charge is 0.191 e. The van der Waals surface area contributed by atoms with Gasteiger partial charge in [-0.05, 0) is 62.3 Å². The first-order valence-electron chi connectivity index (χ1n) is 10.5. The lowest BCUT2D eigenvalue weighted by molar-refractivity contribution is 0.0823. The number of likely N-dealkylation sites (tertiary alicyclic amines) is 1. The van der Waals surface area contributed by atoms with Crippen molar-refractivity contribution in [3.8, 4) is 0 Å². The Morgan fingerprint density at radius 2 is 2.00 bits per heavy atom.